The van der Waals surface area contributed by atoms with E-state index < -0.39 is 71.8 Å². The molecule has 69 heavy (non-hydrogen) atoms. The molecule has 6 aliphatic rings. The van der Waals surface area contributed by atoms with Gasteiger partial charge in [-0.25, -0.2) is 4.79 Å². The zero-order valence-electron chi connectivity index (χ0n) is 40.9. The van der Waals surface area contributed by atoms with E-state index in [2.05, 4.69) is 49.1 Å². The Morgan fingerprint density at radius 2 is 0.768 bits per heavy atom. The van der Waals surface area contributed by atoms with Crippen molar-refractivity contribution in [3.05, 3.63) is 35.9 Å². The number of nitrogens with one attached hydrogen (secondary N) is 6. The molecule has 0 aliphatic heterocycles. The summed E-state index contributed by atoms with van der Waals surface area (Å²) in [4.78, 5) is 96.5. The summed E-state index contributed by atoms with van der Waals surface area (Å²) in [6, 6.07) is 7.15. The van der Waals surface area contributed by atoms with Crippen molar-refractivity contribution in [2.24, 2.45) is 35.5 Å². The van der Waals surface area contributed by atoms with Gasteiger partial charge in [-0.15, -0.1) is 0 Å². The standard InChI is InChI=1S/C51H79N9O9/c1-68-50(66)35-15-7-10-18-41(35)57-48(64)37-26-31(53)20-23-43(37)59-45(61)33-13-5-8-16-39(33)55-47(63)36-25-30(52)19-22-42(36)58-46(62)34-14-6-9-17-40(34)56-49(65)38-27-32(54)21-24-44(38)60-51(67)69-28-29-11-3-2-4-12-29/h2-4,11-12,30-44H,5-10,13-28,52-54H2,1H3,(H,55,63)(H,56,65)(H,57,64)(H,58,62)(H,59,61)(H,60,67)/p+3. The van der Waals surface area contributed by atoms with Gasteiger partial charge >= 0.3 is 12.1 Å². The number of methoxy groups -OCH3 is 1. The summed E-state index contributed by atoms with van der Waals surface area (Å²) in [5.41, 5.74) is 13.7. The quantitative estimate of drug-likeness (QED) is 0.118. The van der Waals surface area contributed by atoms with E-state index in [-0.39, 0.29) is 66.3 Å². The average molecular weight is 965 g/mol. The molecule has 0 heterocycles. The normalized spacial score (nSPS) is 34.9. The lowest BCUT2D eigenvalue weighted by Gasteiger charge is -2.39. The highest BCUT2D eigenvalue weighted by atomic mass is 16.5. The third-order valence-corrected chi connectivity index (χ3v) is 16.5. The first kappa shape index (κ1) is 52.0. The second kappa shape index (κ2) is 24.8. The monoisotopic (exact) mass is 965 g/mol. The molecule has 18 heteroatoms. The number of carbonyl (C=O) groups excluding carboxylic acids is 7. The van der Waals surface area contributed by atoms with Gasteiger partial charge in [0.25, 0.3) is 0 Å². The Hall–Kier alpha value is -4.81. The summed E-state index contributed by atoms with van der Waals surface area (Å²) in [5, 5.41) is 19.1. The van der Waals surface area contributed by atoms with Gasteiger partial charge in [0.2, 0.25) is 29.5 Å². The molecule has 1 aromatic rings. The molecule has 0 bridgehead atoms. The third-order valence-electron chi connectivity index (χ3n) is 16.5. The molecule has 0 aromatic heterocycles. The van der Waals surface area contributed by atoms with Crippen LogP contribution in [-0.4, -0.2) is 103 Å². The van der Waals surface area contributed by atoms with Crippen LogP contribution in [0.1, 0.15) is 140 Å². The molecular formula is C51H82N9O9+3. The van der Waals surface area contributed by atoms with Crippen molar-refractivity contribution in [3.8, 4) is 0 Å². The number of quaternary nitrogens is 3. The van der Waals surface area contributed by atoms with Gasteiger partial charge < -0.3 is 58.6 Å². The van der Waals surface area contributed by atoms with Gasteiger partial charge in [0.1, 0.15) is 6.61 Å². The smallest absolute Gasteiger partial charge is 0.407 e. The first-order valence-corrected chi connectivity index (χ1v) is 26.3. The Kier molecular flexibility index (Phi) is 18.7. The van der Waals surface area contributed by atoms with Crippen LogP contribution in [0.3, 0.4) is 0 Å². The van der Waals surface area contributed by atoms with Gasteiger partial charge in [-0.3, -0.25) is 28.8 Å². The van der Waals surface area contributed by atoms with Gasteiger partial charge in [-0.2, -0.15) is 0 Å². The number of ether oxygens (including phenoxy) is 2. The highest BCUT2D eigenvalue weighted by Gasteiger charge is 2.45. The van der Waals surface area contributed by atoms with E-state index in [0.717, 1.165) is 63.4 Å². The third kappa shape index (κ3) is 14.0. The van der Waals surface area contributed by atoms with Crippen LogP contribution >= 0.6 is 0 Å². The summed E-state index contributed by atoms with van der Waals surface area (Å²) in [6.45, 7) is 0.120. The van der Waals surface area contributed by atoms with Gasteiger partial charge in [0.15, 0.2) is 0 Å². The number of hydrogen-bond donors (Lipinski definition) is 9. The second-order valence-corrected chi connectivity index (χ2v) is 21.4. The summed E-state index contributed by atoms with van der Waals surface area (Å²) in [7, 11) is 1.37. The van der Waals surface area contributed by atoms with Gasteiger partial charge in [-0.05, 0) is 63.4 Å². The molecule has 0 saturated heterocycles. The maximum absolute atomic E-state index is 14.4. The minimum atomic E-state index is -0.578. The van der Waals surface area contributed by atoms with Gasteiger partial charge in [0.05, 0.1) is 60.7 Å². The van der Waals surface area contributed by atoms with Crippen LogP contribution in [0.25, 0.3) is 0 Å². The van der Waals surface area contributed by atoms with Crippen molar-refractivity contribution >= 4 is 41.6 Å². The predicted molar refractivity (Wildman–Crippen MR) is 253 cm³/mol. The molecule has 15 unspecified atom stereocenters. The number of hydrogen-bond acceptors (Lipinski definition) is 9. The molecule has 6 saturated carbocycles. The maximum atomic E-state index is 14.4. The van der Waals surface area contributed by atoms with Crippen molar-refractivity contribution in [1.29, 1.82) is 0 Å². The molecule has 15 atom stereocenters. The number of amides is 6. The fourth-order valence-electron chi connectivity index (χ4n) is 12.5. The first-order valence-electron chi connectivity index (χ1n) is 26.3. The first-order chi connectivity index (χ1) is 33.3. The predicted octanol–water partition coefficient (Wildman–Crippen LogP) is 0.681. The average Bonchev–Trinajstić information content (AvgIpc) is 3.35. The number of alkyl carbamates (subject to hydrolysis) is 1. The van der Waals surface area contributed by atoms with Crippen molar-refractivity contribution < 1.29 is 60.2 Å². The summed E-state index contributed by atoms with van der Waals surface area (Å²) in [5.74, 6) is -4.18. The van der Waals surface area contributed by atoms with E-state index in [0.29, 0.717) is 77.0 Å². The summed E-state index contributed by atoms with van der Waals surface area (Å²) in [6.07, 6.45) is 14.0. The lowest BCUT2D eigenvalue weighted by atomic mass is 9.77. The van der Waals surface area contributed by atoms with Crippen LogP contribution in [0.15, 0.2) is 30.3 Å². The minimum Gasteiger partial charge on any atom is -0.469 e. The highest BCUT2D eigenvalue weighted by molar-refractivity contribution is 5.87. The Morgan fingerprint density at radius 1 is 0.435 bits per heavy atom. The largest absolute Gasteiger partial charge is 0.469 e. The fourth-order valence-corrected chi connectivity index (χ4v) is 12.5. The van der Waals surface area contributed by atoms with Crippen LogP contribution < -0.4 is 49.1 Å². The molecule has 18 nitrogen and oxygen atoms in total. The zero-order chi connectivity index (χ0) is 49.0. The molecule has 0 radical (unpaired) electrons. The van der Waals surface area contributed by atoms with Crippen molar-refractivity contribution in [2.45, 2.75) is 196 Å². The molecule has 1 aromatic carbocycles. The van der Waals surface area contributed by atoms with E-state index in [1.807, 2.05) is 30.3 Å². The Bertz CT molecular complexity index is 1940. The van der Waals surface area contributed by atoms with Crippen molar-refractivity contribution in [3.63, 3.8) is 0 Å². The van der Waals surface area contributed by atoms with E-state index in [1.165, 1.54) is 7.11 Å². The molecule has 382 valence electrons. The molecule has 6 aliphatic carbocycles. The molecule has 6 fully saturated rings. The summed E-state index contributed by atoms with van der Waals surface area (Å²) < 4.78 is 10.6. The zero-order valence-corrected chi connectivity index (χ0v) is 40.9. The molecule has 7 rings (SSSR count). The molecular weight excluding hydrogens is 883 g/mol. The van der Waals surface area contributed by atoms with E-state index in [4.69, 9.17) is 9.47 Å². The summed E-state index contributed by atoms with van der Waals surface area (Å²) >= 11 is 0. The molecule has 0 spiro atoms. The van der Waals surface area contributed by atoms with E-state index >= 15 is 0 Å². The Balaban J connectivity index is 0.951. The van der Waals surface area contributed by atoms with E-state index in [9.17, 15) is 33.6 Å². The lowest BCUT2D eigenvalue weighted by Crippen LogP contribution is -2.67. The van der Waals surface area contributed by atoms with Crippen LogP contribution in [0, 0.1) is 35.5 Å². The van der Waals surface area contributed by atoms with Crippen molar-refractivity contribution in [1.82, 2.24) is 31.9 Å². The topological polar surface area (TPSA) is 293 Å². The van der Waals surface area contributed by atoms with E-state index in [1.54, 1.807) is 0 Å². The highest BCUT2D eigenvalue weighted by Crippen LogP contribution is 2.33. The number of carbonyl (C=O) groups is 7. The maximum Gasteiger partial charge on any atom is 0.407 e. The number of esters is 1. The SMILES string of the molecule is COC(=O)C1CCCCC1NC(=O)C1CC([NH3+])CCC1NC(=O)C1CCCCC1NC(=O)C1CC([NH3+])CCC1NC(=O)C1CCCCC1NC(=O)C1CC([NH3+])CCC1NC(=O)OCc1ccccc1. The minimum absolute atomic E-state index is 0.0217. The molecule has 15 N–H and O–H groups in total. The number of rotatable bonds is 14. The van der Waals surface area contributed by atoms with Gasteiger partial charge in [0, 0.05) is 74.8 Å². The van der Waals surface area contributed by atoms with Crippen LogP contribution in [0.4, 0.5) is 4.79 Å². The fraction of sp³-hybridized carbons (Fsp3) is 0.745. The van der Waals surface area contributed by atoms with Crippen LogP contribution in [0.5, 0.6) is 0 Å². The lowest BCUT2D eigenvalue weighted by molar-refractivity contribution is -0.428. The van der Waals surface area contributed by atoms with Gasteiger partial charge in [-0.1, -0.05) is 68.9 Å². The van der Waals surface area contributed by atoms with Crippen LogP contribution in [0.2, 0.25) is 0 Å². The second-order valence-electron chi connectivity index (χ2n) is 21.4. The van der Waals surface area contributed by atoms with Crippen LogP contribution in [-0.2, 0) is 44.8 Å². The van der Waals surface area contributed by atoms with Crippen molar-refractivity contribution in [2.75, 3.05) is 7.11 Å². The Labute approximate surface area is 406 Å². The number of benzene rings is 1. The molecule has 6 amide bonds. The Morgan fingerprint density at radius 3 is 1.17 bits per heavy atom.